The van der Waals surface area contributed by atoms with E-state index >= 15 is 0 Å². The molecule has 0 aromatic heterocycles. The SMILES string of the molecule is COCCNCC(=O)N1CCCCC1C(=O)N1CCOCC1. The molecule has 1 unspecified atom stereocenters. The Morgan fingerprint density at radius 2 is 2.00 bits per heavy atom. The fraction of sp³-hybridized carbons (Fsp3) is 0.867. The Morgan fingerprint density at radius 1 is 1.23 bits per heavy atom. The summed E-state index contributed by atoms with van der Waals surface area (Å²) in [4.78, 5) is 28.6. The number of ether oxygens (including phenoxy) is 2. The Morgan fingerprint density at radius 3 is 2.73 bits per heavy atom. The number of likely N-dealkylation sites (tertiary alicyclic amines) is 1. The van der Waals surface area contributed by atoms with E-state index in [1.807, 2.05) is 4.90 Å². The van der Waals surface area contributed by atoms with Gasteiger partial charge in [0.05, 0.1) is 26.4 Å². The van der Waals surface area contributed by atoms with Crippen molar-refractivity contribution in [2.75, 3.05) is 59.7 Å². The lowest BCUT2D eigenvalue weighted by atomic mass is 10.0. The van der Waals surface area contributed by atoms with Crippen molar-refractivity contribution in [2.24, 2.45) is 0 Å². The Balaban J connectivity index is 1.89. The molecule has 0 aliphatic carbocycles. The van der Waals surface area contributed by atoms with Crippen LogP contribution in [0, 0.1) is 0 Å². The van der Waals surface area contributed by atoms with Crippen molar-refractivity contribution in [1.82, 2.24) is 15.1 Å². The van der Waals surface area contributed by atoms with Crippen LogP contribution in [0.1, 0.15) is 19.3 Å². The zero-order valence-corrected chi connectivity index (χ0v) is 13.4. The van der Waals surface area contributed by atoms with Crippen molar-refractivity contribution in [3.63, 3.8) is 0 Å². The molecule has 7 heteroatoms. The van der Waals surface area contributed by atoms with Gasteiger partial charge in [0.2, 0.25) is 11.8 Å². The molecule has 2 amide bonds. The highest BCUT2D eigenvalue weighted by Gasteiger charge is 2.34. The molecule has 2 saturated heterocycles. The molecule has 22 heavy (non-hydrogen) atoms. The summed E-state index contributed by atoms with van der Waals surface area (Å²) in [6, 6.07) is -0.302. The molecule has 7 nitrogen and oxygen atoms in total. The number of carbonyl (C=O) groups excluding carboxylic acids is 2. The maximum absolute atomic E-state index is 12.7. The smallest absolute Gasteiger partial charge is 0.245 e. The number of piperidine rings is 1. The molecule has 126 valence electrons. The topological polar surface area (TPSA) is 71.1 Å². The van der Waals surface area contributed by atoms with Crippen molar-refractivity contribution in [2.45, 2.75) is 25.3 Å². The lowest BCUT2D eigenvalue weighted by Crippen LogP contribution is -2.56. The molecule has 2 aliphatic rings. The predicted molar refractivity (Wildman–Crippen MR) is 81.5 cm³/mol. The normalized spacial score (nSPS) is 22.7. The highest BCUT2D eigenvalue weighted by Crippen LogP contribution is 2.19. The largest absolute Gasteiger partial charge is 0.383 e. The van der Waals surface area contributed by atoms with E-state index in [1.165, 1.54) is 0 Å². The van der Waals surface area contributed by atoms with Crippen molar-refractivity contribution >= 4 is 11.8 Å². The van der Waals surface area contributed by atoms with Gasteiger partial charge in [-0.25, -0.2) is 0 Å². The van der Waals surface area contributed by atoms with Crippen molar-refractivity contribution in [3.05, 3.63) is 0 Å². The molecule has 0 aromatic rings. The lowest BCUT2D eigenvalue weighted by Gasteiger charge is -2.38. The van der Waals surface area contributed by atoms with Gasteiger partial charge in [0.15, 0.2) is 0 Å². The number of hydrogen-bond donors (Lipinski definition) is 1. The van der Waals surface area contributed by atoms with Crippen LogP contribution in [0.25, 0.3) is 0 Å². The number of morpholine rings is 1. The fourth-order valence-corrected chi connectivity index (χ4v) is 2.95. The summed E-state index contributed by atoms with van der Waals surface area (Å²) >= 11 is 0. The standard InChI is InChI=1S/C15H27N3O4/c1-21-9-5-16-12-14(19)18-6-3-2-4-13(18)15(20)17-7-10-22-11-8-17/h13,16H,2-12H2,1H3. The van der Waals surface area contributed by atoms with E-state index in [4.69, 9.17) is 9.47 Å². The monoisotopic (exact) mass is 313 g/mol. The maximum atomic E-state index is 12.7. The van der Waals surface area contributed by atoms with Crippen LogP contribution in [-0.2, 0) is 19.1 Å². The quantitative estimate of drug-likeness (QED) is 0.667. The highest BCUT2D eigenvalue weighted by molar-refractivity contribution is 5.88. The number of nitrogens with one attached hydrogen (secondary N) is 1. The van der Waals surface area contributed by atoms with Crippen LogP contribution in [0.15, 0.2) is 0 Å². The van der Waals surface area contributed by atoms with Crippen LogP contribution in [0.4, 0.5) is 0 Å². The number of rotatable bonds is 6. The number of amides is 2. The third kappa shape index (κ3) is 4.66. The van der Waals surface area contributed by atoms with E-state index in [2.05, 4.69) is 5.32 Å². The van der Waals surface area contributed by atoms with E-state index in [0.717, 1.165) is 19.3 Å². The molecule has 0 aromatic carbocycles. The average Bonchev–Trinajstić information content (AvgIpc) is 2.58. The van der Waals surface area contributed by atoms with Gasteiger partial charge >= 0.3 is 0 Å². The van der Waals surface area contributed by atoms with E-state index in [0.29, 0.717) is 46.0 Å². The van der Waals surface area contributed by atoms with Gasteiger partial charge in [-0.3, -0.25) is 9.59 Å². The molecule has 0 saturated carbocycles. The van der Waals surface area contributed by atoms with E-state index < -0.39 is 0 Å². The van der Waals surface area contributed by atoms with Crippen LogP contribution < -0.4 is 5.32 Å². The molecular formula is C15H27N3O4. The van der Waals surface area contributed by atoms with Gasteiger partial charge in [-0.1, -0.05) is 0 Å². The van der Waals surface area contributed by atoms with Crippen LogP contribution in [0.3, 0.4) is 0 Å². The number of methoxy groups -OCH3 is 1. The number of hydrogen-bond acceptors (Lipinski definition) is 5. The summed E-state index contributed by atoms with van der Waals surface area (Å²) in [5.74, 6) is 0.0793. The highest BCUT2D eigenvalue weighted by atomic mass is 16.5. The van der Waals surface area contributed by atoms with Crippen molar-refractivity contribution in [3.8, 4) is 0 Å². The Hall–Kier alpha value is -1.18. The van der Waals surface area contributed by atoms with Crippen LogP contribution >= 0.6 is 0 Å². The van der Waals surface area contributed by atoms with Crippen LogP contribution in [0.2, 0.25) is 0 Å². The molecule has 0 bridgehead atoms. The second-order valence-electron chi connectivity index (χ2n) is 5.71. The summed E-state index contributed by atoms with van der Waals surface area (Å²) in [5.41, 5.74) is 0. The van der Waals surface area contributed by atoms with E-state index in [-0.39, 0.29) is 24.4 Å². The third-order valence-corrected chi connectivity index (χ3v) is 4.19. The number of carbonyl (C=O) groups is 2. The Kier molecular flexibility index (Phi) is 7.08. The van der Waals surface area contributed by atoms with Gasteiger partial charge < -0.3 is 24.6 Å². The Bertz CT molecular complexity index is 372. The fourth-order valence-electron chi connectivity index (χ4n) is 2.95. The molecule has 2 fully saturated rings. The van der Waals surface area contributed by atoms with Gasteiger partial charge in [-0.2, -0.15) is 0 Å². The minimum absolute atomic E-state index is 0.00223. The van der Waals surface area contributed by atoms with Gasteiger partial charge in [-0.15, -0.1) is 0 Å². The first-order valence-electron chi connectivity index (χ1n) is 8.09. The lowest BCUT2D eigenvalue weighted by molar-refractivity contribution is -0.149. The Labute approximate surface area is 131 Å². The second kappa shape index (κ2) is 9.07. The molecular weight excluding hydrogens is 286 g/mol. The molecule has 0 radical (unpaired) electrons. The van der Waals surface area contributed by atoms with E-state index in [1.54, 1.807) is 12.0 Å². The molecule has 1 atom stereocenters. The van der Waals surface area contributed by atoms with Crippen molar-refractivity contribution < 1.29 is 19.1 Å². The second-order valence-corrected chi connectivity index (χ2v) is 5.71. The van der Waals surface area contributed by atoms with Gasteiger partial charge in [0, 0.05) is 33.3 Å². The van der Waals surface area contributed by atoms with Gasteiger partial charge in [0.1, 0.15) is 6.04 Å². The first-order valence-corrected chi connectivity index (χ1v) is 8.09. The zero-order chi connectivity index (χ0) is 15.8. The summed E-state index contributed by atoms with van der Waals surface area (Å²) in [6.07, 6.45) is 2.73. The maximum Gasteiger partial charge on any atom is 0.245 e. The first kappa shape index (κ1) is 17.2. The first-order chi connectivity index (χ1) is 10.7. The summed E-state index contributed by atoms with van der Waals surface area (Å²) in [6.45, 7) is 4.58. The van der Waals surface area contributed by atoms with Crippen LogP contribution in [-0.4, -0.2) is 87.3 Å². The molecule has 2 heterocycles. The van der Waals surface area contributed by atoms with Crippen molar-refractivity contribution in [1.29, 1.82) is 0 Å². The zero-order valence-electron chi connectivity index (χ0n) is 13.4. The summed E-state index contributed by atoms with van der Waals surface area (Å²) in [5, 5.41) is 3.06. The third-order valence-electron chi connectivity index (χ3n) is 4.19. The van der Waals surface area contributed by atoms with Crippen LogP contribution in [0.5, 0.6) is 0 Å². The van der Waals surface area contributed by atoms with Gasteiger partial charge in [-0.05, 0) is 19.3 Å². The molecule has 0 spiro atoms. The minimum Gasteiger partial charge on any atom is -0.383 e. The summed E-state index contributed by atoms with van der Waals surface area (Å²) in [7, 11) is 1.63. The molecule has 2 rings (SSSR count). The predicted octanol–water partition coefficient (Wildman–Crippen LogP) is -0.538. The molecule has 2 aliphatic heterocycles. The molecule has 1 N–H and O–H groups in total. The van der Waals surface area contributed by atoms with Gasteiger partial charge in [0.25, 0.3) is 0 Å². The summed E-state index contributed by atoms with van der Waals surface area (Å²) < 4.78 is 10.2. The number of nitrogens with zero attached hydrogens (tertiary/aromatic N) is 2. The minimum atomic E-state index is -0.302. The van der Waals surface area contributed by atoms with E-state index in [9.17, 15) is 9.59 Å². The average molecular weight is 313 g/mol.